The second-order valence-electron chi connectivity index (χ2n) is 8.88. The molecule has 0 unspecified atom stereocenters. The summed E-state index contributed by atoms with van der Waals surface area (Å²) in [6, 6.07) is 9.67. The van der Waals surface area contributed by atoms with E-state index in [1.807, 2.05) is 30.3 Å². The molecule has 0 bridgehead atoms. The number of ether oxygens (including phenoxy) is 3. The Bertz CT molecular complexity index is 1170. The van der Waals surface area contributed by atoms with Crippen LogP contribution in [0.15, 0.2) is 54.0 Å². The molecule has 0 radical (unpaired) electrons. The molecule has 1 aromatic carbocycles. The Morgan fingerprint density at radius 3 is 2.55 bits per heavy atom. The van der Waals surface area contributed by atoms with E-state index in [1.54, 1.807) is 12.4 Å². The van der Waals surface area contributed by atoms with Crippen molar-refractivity contribution in [3.05, 3.63) is 60.3 Å². The Balaban J connectivity index is 1.63. The highest BCUT2D eigenvalue weighted by molar-refractivity contribution is 5.77. The Morgan fingerprint density at radius 1 is 1.06 bits per heavy atom. The number of benzene rings is 1. The van der Waals surface area contributed by atoms with Crippen molar-refractivity contribution in [3.63, 3.8) is 0 Å². The number of fused-ring (bicyclic) bond motifs is 4. The number of aromatic nitrogens is 3. The summed E-state index contributed by atoms with van der Waals surface area (Å²) >= 11 is 0. The Labute approximate surface area is 180 Å². The smallest absolute Gasteiger partial charge is 0.283 e. The summed E-state index contributed by atoms with van der Waals surface area (Å²) in [7, 11) is 0. The number of nitrogens with zero attached hydrogens (tertiary/aromatic N) is 4. The van der Waals surface area contributed by atoms with Gasteiger partial charge in [0.2, 0.25) is 5.88 Å². The lowest BCUT2D eigenvalue weighted by molar-refractivity contribution is 0.189. The van der Waals surface area contributed by atoms with E-state index in [1.165, 1.54) is 6.33 Å². The number of rotatable bonds is 3. The lowest BCUT2D eigenvalue weighted by Gasteiger charge is -2.33. The summed E-state index contributed by atoms with van der Waals surface area (Å²) in [4.78, 5) is 17.7. The Hall–Kier alpha value is -3.68. The molecule has 0 fully saturated rings. The van der Waals surface area contributed by atoms with Crippen LogP contribution in [0, 0.1) is 5.41 Å². The summed E-state index contributed by atoms with van der Waals surface area (Å²) in [6.07, 6.45) is 5.03. The molecule has 0 saturated heterocycles. The quantitative estimate of drug-likeness (QED) is 0.693. The second kappa shape index (κ2) is 6.94. The van der Waals surface area contributed by atoms with Crippen molar-refractivity contribution < 1.29 is 14.2 Å². The molecular formula is C23H23N5O3. The molecule has 8 heteroatoms. The molecule has 5 rings (SSSR count). The normalized spacial score (nSPS) is 19.1. The predicted molar refractivity (Wildman–Crippen MR) is 115 cm³/mol. The van der Waals surface area contributed by atoms with E-state index < -0.39 is 5.54 Å². The van der Waals surface area contributed by atoms with Crippen molar-refractivity contribution >= 4 is 6.02 Å². The lowest BCUT2D eigenvalue weighted by Crippen LogP contribution is -2.32. The fourth-order valence-corrected chi connectivity index (χ4v) is 3.68. The average molecular weight is 417 g/mol. The molecule has 31 heavy (non-hydrogen) atoms. The first kappa shape index (κ1) is 19.3. The molecule has 0 saturated carbocycles. The van der Waals surface area contributed by atoms with Gasteiger partial charge in [-0.15, -0.1) is 0 Å². The monoisotopic (exact) mass is 417 g/mol. The van der Waals surface area contributed by atoms with Crippen LogP contribution in [0.5, 0.6) is 17.4 Å². The van der Waals surface area contributed by atoms with Gasteiger partial charge in [-0.05, 0) is 29.2 Å². The van der Waals surface area contributed by atoms with Gasteiger partial charge in [0, 0.05) is 29.6 Å². The van der Waals surface area contributed by atoms with Gasteiger partial charge in [0.1, 0.15) is 24.4 Å². The van der Waals surface area contributed by atoms with Gasteiger partial charge in [-0.3, -0.25) is 0 Å². The Kier molecular flexibility index (Phi) is 4.32. The molecule has 2 aliphatic heterocycles. The third-order valence-corrected chi connectivity index (χ3v) is 5.15. The van der Waals surface area contributed by atoms with Crippen molar-refractivity contribution in [2.75, 3.05) is 13.2 Å². The van der Waals surface area contributed by atoms with Crippen LogP contribution >= 0.6 is 0 Å². The third kappa shape index (κ3) is 3.43. The van der Waals surface area contributed by atoms with Gasteiger partial charge in [-0.25, -0.2) is 19.9 Å². The van der Waals surface area contributed by atoms with Gasteiger partial charge in [0.25, 0.3) is 6.02 Å². The van der Waals surface area contributed by atoms with Crippen LogP contribution in [0.4, 0.5) is 0 Å². The largest absolute Gasteiger partial charge is 0.477 e. The van der Waals surface area contributed by atoms with Crippen LogP contribution in [0.3, 0.4) is 0 Å². The standard InChI is InChI=1S/C23H23N5O3/c1-22(2,3)11-29-19-7-6-18-20(27-19)23(12-30-21(24)28-23)16-8-14(4-5-17(16)31-18)15-9-25-13-26-10-15/h4-10,13H,11-12H2,1-3H3,(H2,24,28)/t23-/m1/s1. The molecule has 8 nitrogen and oxygen atoms in total. The van der Waals surface area contributed by atoms with E-state index >= 15 is 0 Å². The minimum atomic E-state index is -0.917. The summed E-state index contributed by atoms with van der Waals surface area (Å²) < 4.78 is 17.7. The maximum atomic E-state index is 6.18. The highest BCUT2D eigenvalue weighted by Crippen LogP contribution is 2.51. The van der Waals surface area contributed by atoms with Crippen molar-refractivity contribution in [1.29, 1.82) is 0 Å². The molecule has 0 amide bonds. The van der Waals surface area contributed by atoms with E-state index in [-0.39, 0.29) is 18.0 Å². The molecule has 2 N–H and O–H groups in total. The number of amidine groups is 1. The summed E-state index contributed by atoms with van der Waals surface area (Å²) in [6.45, 7) is 7.08. The number of pyridine rings is 1. The van der Waals surface area contributed by atoms with Crippen LogP contribution in [-0.4, -0.2) is 34.2 Å². The molecule has 2 aromatic heterocycles. The highest BCUT2D eigenvalue weighted by Gasteiger charge is 2.48. The fourth-order valence-electron chi connectivity index (χ4n) is 3.68. The van der Waals surface area contributed by atoms with Crippen LogP contribution in [0.2, 0.25) is 0 Å². The van der Waals surface area contributed by atoms with Gasteiger partial charge < -0.3 is 19.9 Å². The molecule has 2 aliphatic rings. The number of hydrogen-bond donors (Lipinski definition) is 1. The van der Waals surface area contributed by atoms with E-state index in [2.05, 4.69) is 35.7 Å². The molecule has 1 spiro atoms. The first-order chi connectivity index (χ1) is 14.8. The van der Waals surface area contributed by atoms with Gasteiger partial charge in [-0.2, -0.15) is 0 Å². The molecule has 0 aliphatic carbocycles. The SMILES string of the molecule is CC(C)(C)COc1ccc2c(n1)[C@@]1(COC(N)=N1)c1cc(-c3cncnc3)ccc1O2. The predicted octanol–water partition coefficient (Wildman–Crippen LogP) is 3.66. The first-order valence-electron chi connectivity index (χ1n) is 10.0. The summed E-state index contributed by atoms with van der Waals surface area (Å²) in [5, 5.41) is 0. The number of aliphatic imine (C=N–C) groups is 1. The second-order valence-corrected chi connectivity index (χ2v) is 8.88. The lowest BCUT2D eigenvalue weighted by atomic mass is 9.83. The van der Waals surface area contributed by atoms with E-state index in [0.29, 0.717) is 29.7 Å². The van der Waals surface area contributed by atoms with E-state index in [0.717, 1.165) is 16.7 Å². The average Bonchev–Trinajstić information content (AvgIpc) is 3.15. The summed E-state index contributed by atoms with van der Waals surface area (Å²) in [5.74, 6) is 1.79. The molecule has 3 aromatic rings. The Morgan fingerprint density at radius 2 is 1.84 bits per heavy atom. The minimum absolute atomic E-state index is 0.00404. The number of hydrogen-bond acceptors (Lipinski definition) is 8. The van der Waals surface area contributed by atoms with Crippen molar-refractivity contribution in [1.82, 2.24) is 15.0 Å². The topological polar surface area (TPSA) is 105 Å². The zero-order valence-electron chi connectivity index (χ0n) is 17.6. The van der Waals surface area contributed by atoms with Crippen LogP contribution in [0.25, 0.3) is 11.1 Å². The maximum Gasteiger partial charge on any atom is 0.283 e. The van der Waals surface area contributed by atoms with Crippen molar-refractivity contribution in [2.24, 2.45) is 16.1 Å². The van der Waals surface area contributed by atoms with Crippen molar-refractivity contribution in [2.45, 2.75) is 26.3 Å². The first-order valence-corrected chi connectivity index (χ1v) is 10.0. The van der Waals surface area contributed by atoms with Crippen LogP contribution < -0.4 is 15.2 Å². The van der Waals surface area contributed by atoms with Crippen LogP contribution in [-0.2, 0) is 10.3 Å². The fraction of sp³-hybridized carbons (Fsp3) is 0.304. The van der Waals surface area contributed by atoms with Crippen LogP contribution in [0.1, 0.15) is 32.0 Å². The van der Waals surface area contributed by atoms with E-state index in [9.17, 15) is 0 Å². The zero-order valence-corrected chi connectivity index (χ0v) is 17.6. The zero-order chi connectivity index (χ0) is 21.6. The highest BCUT2D eigenvalue weighted by atomic mass is 16.5. The van der Waals surface area contributed by atoms with E-state index in [4.69, 9.17) is 24.9 Å². The minimum Gasteiger partial charge on any atom is -0.477 e. The molecule has 4 heterocycles. The summed E-state index contributed by atoms with van der Waals surface area (Å²) in [5.41, 5.74) is 8.32. The maximum absolute atomic E-state index is 6.18. The van der Waals surface area contributed by atoms with Crippen molar-refractivity contribution in [3.8, 4) is 28.5 Å². The molecular weight excluding hydrogens is 394 g/mol. The number of nitrogens with two attached hydrogens (primary N) is 1. The van der Waals surface area contributed by atoms with Gasteiger partial charge in [0.05, 0.1) is 6.61 Å². The van der Waals surface area contributed by atoms with Gasteiger partial charge in [0.15, 0.2) is 11.3 Å². The molecule has 1 atom stereocenters. The van der Waals surface area contributed by atoms with Gasteiger partial charge >= 0.3 is 0 Å². The third-order valence-electron chi connectivity index (χ3n) is 5.15. The van der Waals surface area contributed by atoms with Gasteiger partial charge in [-0.1, -0.05) is 26.8 Å². The molecule has 158 valence electrons.